The number of rotatable bonds is 6. The second-order valence-electron chi connectivity index (χ2n) is 4.24. The molecule has 0 aliphatic heterocycles. The fraction of sp³-hybridized carbons (Fsp3) is 0.538. The molecular weight excluding hydrogens is 230 g/mol. The number of hydrogen-bond donors (Lipinski definition) is 1. The molecule has 0 unspecified atom stereocenters. The number of nitrogens with one attached hydrogen (secondary N) is 1. The second kappa shape index (κ2) is 6.96. The number of methoxy groups -OCH3 is 1. The molecule has 0 bridgehead atoms. The molecule has 0 saturated heterocycles. The number of carbonyl (C=O) groups is 1. The van der Waals surface area contributed by atoms with Crippen molar-refractivity contribution in [1.29, 1.82) is 0 Å². The van der Waals surface area contributed by atoms with Crippen molar-refractivity contribution in [3.63, 3.8) is 0 Å². The Balaban J connectivity index is 2.87. The molecular formula is C13H21N3O2. The highest BCUT2D eigenvalue weighted by Gasteiger charge is 2.19. The van der Waals surface area contributed by atoms with Gasteiger partial charge in [0.1, 0.15) is 11.5 Å². The van der Waals surface area contributed by atoms with Gasteiger partial charge >= 0.3 is 0 Å². The van der Waals surface area contributed by atoms with Gasteiger partial charge in [0.15, 0.2) is 0 Å². The summed E-state index contributed by atoms with van der Waals surface area (Å²) in [5.74, 6) is 0.621. The lowest BCUT2D eigenvalue weighted by molar-refractivity contribution is 0.0629. The number of pyridine rings is 1. The highest BCUT2D eigenvalue weighted by atomic mass is 16.5. The Morgan fingerprint density at radius 3 is 2.78 bits per heavy atom. The SMILES string of the molecule is CNc1cccc(C(=O)N(CCOC)C(C)C)n1. The molecule has 1 rings (SSSR count). The van der Waals surface area contributed by atoms with Gasteiger partial charge in [0.25, 0.3) is 5.91 Å². The summed E-state index contributed by atoms with van der Waals surface area (Å²) in [6.45, 7) is 5.05. The average Bonchev–Trinajstić information content (AvgIpc) is 2.38. The molecule has 0 aliphatic rings. The number of hydrogen-bond acceptors (Lipinski definition) is 4. The second-order valence-corrected chi connectivity index (χ2v) is 4.24. The highest BCUT2D eigenvalue weighted by molar-refractivity contribution is 5.92. The fourth-order valence-corrected chi connectivity index (χ4v) is 1.62. The zero-order valence-electron chi connectivity index (χ0n) is 11.4. The number of aromatic nitrogens is 1. The van der Waals surface area contributed by atoms with Crippen molar-refractivity contribution in [1.82, 2.24) is 9.88 Å². The number of anilines is 1. The van der Waals surface area contributed by atoms with E-state index in [0.717, 1.165) is 0 Å². The summed E-state index contributed by atoms with van der Waals surface area (Å²) in [7, 11) is 3.41. The molecule has 1 amide bonds. The standard InChI is InChI=1S/C13H21N3O2/c1-10(2)16(8-9-18-4)13(17)11-6-5-7-12(14-3)15-11/h5-7,10H,8-9H2,1-4H3,(H,14,15). The summed E-state index contributed by atoms with van der Waals surface area (Å²) >= 11 is 0. The molecule has 1 aromatic rings. The van der Waals surface area contributed by atoms with Crippen LogP contribution in [0.15, 0.2) is 18.2 Å². The lowest BCUT2D eigenvalue weighted by Gasteiger charge is -2.26. The van der Waals surface area contributed by atoms with Crippen molar-refractivity contribution in [2.24, 2.45) is 0 Å². The maximum absolute atomic E-state index is 12.3. The van der Waals surface area contributed by atoms with Crippen LogP contribution in [0.4, 0.5) is 5.82 Å². The largest absolute Gasteiger partial charge is 0.383 e. The lowest BCUT2D eigenvalue weighted by Crippen LogP contribution is -2.39. The summed E-state index contributed by atoms with van der Waals surface area (Å²) < 4.78 is 5.03. The maximum atomic E-state index is 12.3. The highest BCUT2D eigenvalue weighted by Crippen LogP contribution is 2.09. The molecule has 100 valence electrons. The van der Waals surface area contributed by atoms with Gasteiger partial charge in [0.2, 0.25) is 0 Å². The minimum atomic E-state index is -0.0702. The predicted molar refractivity (Wildman–Crippen MR) is 71.8 cm³/mol. The van der Waals surface area contributed by atoms with Gasteiger partial charge in [0, 0.05) is 26.7 Å². The Morgan fingerprint density at radius 1 is 1.50 bits per heavy atom. The van der Waals surface area contributed by atoms with Crippen LogP contribution in [0.1, 0.15) is 24.3 Å². The van der Waals surface area contributed by atoms with E-state index in [-0.39, 0.29) is 11.9 Å². The fourth-order valence-electron chi connectivity index (χ4n) is 1.62. The van der Waals surface area contributed by atoms with E-state index in [4.69, 9.17) is 4.74 Å². The van der Waals surface area contributed by atoms with Crippen molar-refractivity contribution < 1.29 is 9.53 Å². The molecule has 0 radical (unpaired) electrons. The lowest BCUT2D eigenvalue weighted by atomic mass is 10.2. The molecule has 1 heterocycles. The van der Waals surface area contributed by atoms with Crippen LogP contribution in [0.3, 0.4) is 0 Å². The first-order valence-electron chi connectivity index (χ1n) is 6.05. The van der Waals surface area contributed by atoms with Crippen LogP contribution in [-0.2, 0) is 4.74 Å². The van der Waals surface area contributed by atoms with Gasteiger partial charge in [-0.25, -0.2) is 4.98 Å². The minimum absolute atomic E-state index is 0.0702. The summed E-state index contributed by atoms with van der Waals surface area (Å²) in [6, 6.07) is 5.49. The van der Waals surface area contributed by atoms with Crippen molar-refractivity contribution in [3.8, 4) is 0 Å². The van der Waals surface area contributed by atoms with Gasteiger partial charge in [-0.2, -0.15) is 0 Å². The zero-order chi connectivity index (χ0) is 13.5. The van der Waals surface area contributed by atoms with E-state index in [2.05, 4.69) is 10.3 Å². The Morgan fingerprint density at radius 2 is 2.22 bits per heavy atom. The molecule has 0 fully saturated rings. The van der Waals surface area contributed by atoms with Crippen LogP contribution in [-0.4, -0.2) is 49.1 Å². The first-order chi connectivity index (χ1) is 8.60. The van der Waals surface area contributed by atoms with E-state index in [0.29, 0.717) is 24.7 Å². The van der Waals surface area contributed by atoms with Gasteiger partial charge < -0.3 is 15.0 Å². The van der Waals surface area contributed by atoms with Gasteiger partial charge in [-0.05, 0) is 26.0 Å². The molecule has 5 nitrogen and oxygen atoms in total. The molecule has 18 heavy (non-hydrogen) atoms. The Kier molecular flexibility index (Phi) is 5.58. The summed E-state index contributed by atoms with van der Waals surface area (Å²) in [6.07, 6.45) is 0. The van der Waals surface area contributed by atoms with Crippen molar-refractivity contribution in [2.45, 2.75) is 19.9 Å². The Hall–Kier alpha value is -1.62. The van der Waals surface area contributed by atoms with E-state index < -0.39 is 0 Å². The molecule has 0 spiro atoms. The minimum Gasteiger partial charge on any atom is -0.383 e. The van der Waals surface area contributed by atoms with Gasteiger partial charge in [-0.1, -0.05) is 6.07 Å². The van der Waals surface area contributed by atoms with E-state index in [1.807, 2.05) is 26.0 Å². The van der Waals surface area contributed by atoms with Crippen LogP contribution in [0.2, 0.25) is 0 Å². The smallest absolute Gasteiger partial charge is 0.272 e. The van der Waals surface area contributed by atoms with Crippen molar-refractivity contribution in [3.05, 3.63) is 23.9 Å². The van der Waals surface area contributed by atoms with E-state index in [1.54, 1.807) is 25.1 Å². The molecule has 1 N–H and O–H groups in total. The quantitative estimate of drug-likeness (QED) is 0.834. The topological polar surface area (TPSA) is 54.5 Å². The first-order valence-corrected chi connectivity index (χ1v) is 6.05. The van der Waals surface area contributed by atoms with Crippen LogP contribution in [0.25, 0.3) is 0 Å². The van der Waals surface area contributed by atoms with Crippen molar-refractivity contribution in [2.75, 3.05) is 32.6 Å². The summed E-state index contributed by atoms with van der Waals surface area (Å²) in [5.41, 5.74) is 0.451. The van der Waals surface area contributed by atoms with Gasteiger partial charge in [-0.3, -0.25) is 4.79 Å². The normalized spacial score (nSPS) is 10.5. The summed E-state index contributed by atoms with van der Waals surface area (Å²) in [5, 5.41) is 2.93. The number of amides is 1. The maximum Gasteiger partial charge on any atom is 0.272 e. The van der Waals surface area contributed by atoms with E-state index in [9.17, 15) is 4.79 Å². The van der Waals surface area contributed by atoms with E-state index >= 15 is 0 Å². The first kappa shape index (κ1) is 14.4. The Bertz CT molecular complexity index is 394. The van der Waals surface area contributed by atoms with Crippen molar-refractivity contribution >= 4 is 11.7 Å². The Labute approximate surface area is 108 Å². The molecule has 0 aliphatic carbocycles. The van der Waals surface area contributed by atoms with Gasteiger partial charge in [-0.15, -0.1) is 0 Å². The van der Waals surface area contributed by atoms with E-state index in [1.165, 1.54) is 0 Å². The molecule has 1 aromatic heterocycles. The third kappa shape index (κ3) is 3.70. The third-order valence-electron chi connectivity index (χ3n) is 2.64. The van der Waals surface area contributed by atoms with Crippen LogP contribution in [0.5, 0.6) is 0 Å². The van der Waals surface area contributed by atoms with Crippen LogP contribution < -0.4 is 5.32 Å². The third-order valence-corrected chi connectivity index (χ3v) is 2.64. The van der Waals surface area contributed by atoms with Crippen LogP contribution >= 0.6 is 0 Å². The van der Waals surface area contributed by atoms with Gasteiger partial charge in [0.05, 0.1) is 6.61 Å². The number of nitrogens with zero attached hydrogens (tertiary/aromatic N) is 2. The average molecular weight is 251 g/mol. The summed E-state index contributed by atoms with van der Waals surface area (Å²) in [4.78, 5) is 18.4. The molecule has 0 atom stereocenters. The molecule has 0 aromatic carbocycles. The molecule has 5 heteroatoms. The number of carbonyl (C=O) groups excluding carboxylic acids is 1. The monoisotopic (exact) mass is 251 g/mol. The predicted octanol–water partition coefficient (Wildman–Crippen LogP) is 1.62. The zero-order valence-corrected chi connectivity index (χ0v) is 11.4. The number of ether oxygens (including phenoxy) is 1. The van der Waals surface area contributed by atoms with Crippen LogP contribution in [0, 0.1) is 0 Å². The molecule has 0 saturated carbocycles.